The summed E-state index contributed by atoms with van der Waals surface area (Å²) in [5.41, 5.74) is 1.84. The lowest BCUT2D eigenvalue weighted by Gasteiger charge is -2.07. The monoisotopic (exact) mass is 273 g/mol. The fourth-order valence-corrected chi connectivity index (χ4v) is 2.93. The van der Waals surface area contributed by atoms with Crippen LogP contribution in [0.1, 0.15) is 46.0 Å². The van der Waals surface area contributed by atoms with E-state index < -0.39 is 0 Å². The lowest BCUT2D eigenvalue weighted by atomic mass is 10.1. The Hall–Kier alpha value is -0.410. The van der Waals surface area contributed by atoms with Crippen LogP contribution in [0.25, 0.3) is 0 Å². The maximum atomic E-state index is 11.9. The number of thioether (sulfide) groups is 1. The number of hydrogen-bond acceptors (Lipinski definition) is 2. The van der Waals surface area contributed by atoms with Gasteiger partial charge in [0.25, 0.3) is 5.91 Å². The molecule has 0 aliphatic carbocycles. The lowest BCUT2D eigenvalue weighted by Crippen LogP contribution is -2.22. The first-order valence-electron chi connectivity index (χ1n) is 6.11. The van der Waals surface area contributed by atoms with E-state index in [0.29, 0.717) is 5.88 Å². The molecule has 17 heavy (non-hydrogen) atoms. The van der Waals surface area contributed by atoms with Crippen LogP contribution in [-0.4, -0.2) is 11.8 Å². The van der Waals surface area contributed by atoms with E-state index in [4.69, 9.17) is 11.6 Å². The summed E-state index contributed by atoms with van der Waals surface area (Å²) in [6, 6.07) is 0. The van der Waals surface area contributed by atoms with Crippen molar-refractivity contribution < 1.29 is 4.79 Å². The molecule has 0 aromatic carbocycles. The second kappa shape index (κ2) is 7.83. The molecule has 1 N–H and O–H groups in total. The van der Waals surface area contributed by atoms with Crippen molar-refractivity contribution in [1.82, 2.24) is 5.32 Å². The first kappa shape index (κ1) is 14.7. The van der Waals surface area contributed by atoms with Crippen LogP contribution >= 0.6 is 23.4 Å². The highest BCUT2D eigenvalue weighted by Gasteiger charge is 2.15. The fourth-order valence-electron chi connectivity index (χ4n) is 1.67. The van der Waals surface area contributed by atoms with E-state index in [9.17, 15) is 4.79 Å². The molecular formula is C13H20ClNOS. The van der Waals surface area contributed by atoms with Crippen molar-refractivity contribution in [2.45, 2.75) is 46.0 Å². The second-order valence-corrected chi connectivity index (χ2v) is 5.50. The zero-order valence-electron chi connectivity index (χ0n) is 10.5. The normalized spacial score (nSPS) is 16.6. The molecule has 1 heterocycles. The molecule has 1 rings (SSSR count). The van der Waals surface area contributed by atoms with Crippen molar-refractivity contribution in [2.75, 3.05) is 5.88 Å². The first-order valence-corrected chi connectivity index (χ1v) is 7.53. The van der Waals surface area contributed by atoms with Crippen molar-refractivity contribution in [3.63, 3.8) is 0 Å². The van der Waals surface area contributed by atoms with Crippen molar-refractivity contribution >= 4 is 29.3 Å². The topological polar surface area (TPSA) is 29.1 Å². The number of alkyl halides is 1. The van der Waals surface area contributed by atoms with Gasteiger partial charge in [-0.2, -0.15) is 0 Å². The minimum absolute atomic E-state index is 0.0516. The predicted molar refractivity (Wildman–Crippen MR) is 76.0 cm³/mol. The Bertz CT molecular complexity index is 336. The highest BCUT2D eigenvalue weighted by Crippen LogP contribution is 2.29. The Balaban J connectivity index is 2.62. The number of rotatable bonds is 6. The van der Waals surface area contributed by atoms with Crippen molar-refractivity contribution in [3.05, 3.63) is 21.6 Å². The molecule has 1 amide bonds. The van der Waals surface area contributed by atoms with Crippen LogP contribution in [0.3, 0.4) is 0 Å². The average Bonchev–Trinajstić information content (AvgIpc) is 2.42. The number of hydrogen-bond donors (Lipinski definition) is 1. The molecule has 0 saturated carbocycles. The molecule has 2 nitrogen and oxygen atoms in total. The number of halogens is 1. The molecule has 0 spiro atoms. The van der Waals surface area contributed by atoms with Gasteiger partial charge >= 0.3 is 0 Å². The molecule has 96 valence electrons. The summed E-state index contributed by atoms with van der Waals surface area (Å²) in [6.07, 6.45) is 5.12. The Labute approximate surface area is 113 Å². The lowest BCUT2D eigenvalue weighted by molar-refractivity contribution is -0.116. The summed E-state index contributed by atoms with van der Waals surface area (Å²) in [5, 5.41) is 4.94. The largest absolute Gasteiger partial charge is 0.325 e. The summed E-state index contributed by atoms with van der Waals surface area (Å²) < 4.78 is 0. The van der Waals surface area contributed by atoms with Gasteiger partial charge in [0, 0.05) is 22.1 Å². The summed E-state index contributed by atoms with van der Waals surface area (Å²) in [4.78, 5) is 13.1. The molecule has 1 aliphatic heterocycles. The minimum Gasteiger partial charge on any atom is -0.325 e. The molecule has 0 fully saturated rings. The molecule has 4 heteroatoms. The standard InChI is InChI=1S/C13H20ClNOS/c1-3-4-5-6-11-9-17-12(7-8-14)10(2)15-13(11)16/h9H,3-8H2,1-2H3,(H,15,16). The van der Waals surface area contributed by atoms with E-state index in [1.807, 2.05) is 12.3 Å². The van der Waals surface area contributed by atoms with Gasteiger partial charge in [-0.25, -0.2) is 0 Å². The number of allylic oxidation sites excluding steroid dienone is 2. The molecule has 0 aromatic heterocycles. The number of unbranched alkanes of at least 4 members (excludes halogenated alkanes) is 2. The predicted octanol–water partition coefficient (Wildman–Crippen LogP) is 4.17. The van der Waals surface area contributed by atoms with E-state index in [1.165, 1.54) is 17.7 Å². The number of nitrogens with one attached hydrogen (secondary N) is 1. The van der Waals surface area contributed by atoms with Gasteiger partial charge in [-0.3, -0.25) is 4.79 Å². The molecule has 0 saturated heterocycles. The van der Waals surface area contributed by atoms with Crippen LogP contribution in [0.4, 0.5) is 0 Å². The maximum absolute atomic E-state index is 11.9. The summed E-state index contributed by atoms with van der Waals surface area (Å²) in [6.45, 7) is 4.11. The molecule has 0 unspecified atom stereocenters. The molecule has 1 aliphatic rings. The maximum Gasteiger partial charge on any atom is 0.251 e. The zero-order valence-corrected chi connectivity index (χ0v) is 12.1. The third kappa shape index (κ3) is 4.76. The van der Waals surface area contributed by atoms with Gasteiger partial charge in [-0.1, -0.05) is 19.8 Å². The molecule has 0 atom stereocenters. The van der Waals surface area contributed by atoms with Crippen molar-refractivity contribution in [3.8, 4) is 0 Å². The van der Waals surface area contributed by atoms with E-state index in [2.05, 4.69) is 12.2 Å². The van der Waals surface area contributed by atoms with Crippen LogP contribution in [0.15, 0.2) is 21.6 Å². The Morgan fingerprint density at radius 2 is 2.12 bits per heavy atom. The Morgan fingerprint density at radius 1 is 1.35 bits per heavy atom. The molecular weight excluding hydrogens is 254 g/mol. The Kier molecular flexibility index (Phi) is 6.75. The fraction of sp³-hybridized carbons (Fsp3) is 0.615. The van der Waals surface area contributed by atoms with Crippen LogP contribution in [-0.2, 0) is 4.79 Å². The number of carbonyl (C=O) groups is 1. The van der Waals surface area contributed by atoms with Crippen molar-refractivity contribution in [1.29, 1.82) is 0 Å². The first-order chi connectivity index (χ1) is 8.19. The van der Waals surface area contributed by atoms with Gasteiger partial charge in [0.05, 0.1) is 0 Å². The molecule has 0 aromatic rings. The summed E-state index contributed by atoms with van der Waals surface area (Å²) in [5.74, 6) is 0.643. The third-order valence-electron chi connectivity index (χ3n) is 2.73. The van der Waals surface area contributed by atoms with E-state index in [1.54, 1.807) is 11.8 Å². The third-order valence-corrected chi connectivity index (χ3v) is 4.11. The quantitative estimate of drug-likeness (QED) is 0.581. The number of carbonyl (C=O) groups excluding carboxylic acids is 1. The van der Waals surface area contributed by atoms with Crippen LogP contribution in [0, 0.1) is 0 Å². The minimum atomic E-state index is 0.0516. The van der Waals surface area contributed by atoms with Gasteiger partial charge in [-0.15, -0.1) is 23.4 Å². The molecule has 0 radical (unpaired) electrons. The van der Waals surface area contributed by atoms with E-state index in [-0.39, 0.29) is 5.91 Å². The van der Waals surface area contributed by atoms with E-state index in [0.717, 1.165) is 30.5 Å². The van der Waals surface area contributed by atoms with Crippen LogP contribution in [0.5, 0.6) is 0 Å². The number of amides is 1. The second-order valence-electron chi connectivity index (χ2n) is 4.16. The van der Waals surface area contributed by atoms with Gasteiger partial charge in [0.15, 0.2) is 0 Å². The van der Waals surface area contributed by atoms with Gasteiger partial charge < -0.3 is 5.32 Å². The van der Waals surface area contributed by atoms with Crippen LogP contribution in [0.2, 0.25) is 0 Å². The highest BCUT2D eigenvalue weighted by atomic mass is 35.5. The van der Waals surface area contributed by atoms with Crippen LogP contribution < -0.4 is 5.32 Å². The Morgan fingerprint density at radius 3 is 2.76 bits per heavy atom. The van der Waals surface area contributed by atoms with Gasteiger partial charge in [0.2, 0.25) is 0 Å². The van der Waals surface area contributed by atoms with Crippen molar-refractivity contribution in [2.24, 2.45) is 0 Å². The molecule has 0 bridgehead atoms. The zero-order chi connectivity index (χ0) is 12.7. The smallest absolute Gasteiger partial charge is 0.251 e. The summed E-state index contributed by atoms with van der Waals surface area (Å²) in [7, 11) is 0. The highest BCUT2D eigenvalue weighted by molar-refractivity contribution is 8.05. The van der Waals surface area contributed by atoms with E-state index >= 15 is 0 Å². The van der Waals surface area contributed by atoms with Gasteiger partial charge in [-0.05, 0) is 31.6 Å². The SMILES string of the molecule is CCCCCC1=CSC(CCCl)=C(C)NC1=O. The van der Waals surface area contributed by atoms with Gasteiger partial charge in [0.1, 0.15) is 0 Å². The summed E-state index contributed by atoms with van der Waals surface area (Å²) >= 11 is 7.38. The average molecular weight is 274 g/mol.